The van der Waals surface area contributed by atoms with Gasteiger partial charge in [-0.1, -0.05) is 0 Å². The van der Waals surface area contributed by atoms with Gasteiger partial charge in [-0.05, 0) is 32.0 Å². The van der Waals surface area contributed by atoms with Gasteiger partial charge in [-0.2, -0.15) is 5.26 Å². The van der Waals surface area contributed by atoms with E-state index in [1.54, 1.807) is 36.9 Å². The summed E-state index contributed by atoms with van der Waals surface area (Å²) >= 11 is 0. The van der Waals surface area contributed by atoms with E-state index >= 15 is 0 Å². The summed E-state index contributed by atoms with van der Waals surface area (Å²) in [7, 11) is 0. The van der Waals surface area contributed by atoms with Crippen LogP contribution in [0.4, 0.5) is 0 Å². The first kappa shape index (κ1) is 14.8. The maximum atomic E-state index is 12.3. The van der Waals surface area contributed by atoms with Crippen LogP contribution in [0.3, 0.4) is 0 Å². The molecule has 2 N–H and O–H groups in total. The number of carbonyl (C=O) groups is 1. The molecule has 0 spiro atoms. The zero-order chi connectivity index (χ0) is 15.9. The summed E-state index contributed by atoms with van der Waals surface area (Å²) in [4.78, 5) is 13.9. The SMILES string of the molecule is CC1(C)Oc2ccc(C#N)cc2[C@@H](N2CCNCC2=O)[C@@H]1O. The summed E-state index contributed by atoms with van der Waals surface area (Å²) < 4.78 is 5.87. The van der Waals surface area contributed by atoms with Gasteiger partial charge in [-0.3, -0.25) is 4.79 Å². The Labute approximate surface area is 129 Å². The maximum absolute atomic E-state index is 12.3. The van der Waals surface area contributed by atoms with Crippen molar-refractivity contribution in [1.82, 2.24) is 10.2 Å². The molecule has 1 aromatic rings. The third kappa shape index (κ3) is 2.32. The number of rotatable bonds is 1. The second-order valence-electron chi connectivity index (χ2n) is 6.22. The minimum atomic E-state index is -0.865. The van der Waals surface area contributed by atoms with Crippen LogP contribution in [-0.2, 0) is 4.79 Å². The topological polar surface area (TPSA) is 85.6 Å². The van der Waals surface area contributed by atoms with Crippen LogP contribution in [0.2, 0.25) is 0 Å². The molecule has 116 valence electrons. The van der Waals surface area contributed by atoms with Crippen LogP contribution < -0.4 is 10.1 Å². The number of aliphatic hydroxyl groups excluding tert-OH is 1. The van der Waals surface area contributed by atoms with Gasteiger partial charge in [0, 0.05) is 18.7 Å². The first-order chi connectivity index (χ1) is 10.4. The maximum Gasteiger partial charge on any atom is 0.237 e. The van der Waals surface area contributed by atoms with Crippen LogP contribution in [-0.4, -0.2) is 47.3 Å². The summed E-state index contributed by atoms with van der Waals surface area (Å²) in [6.45, 7) is 5.07. The summed E-state index contributed by atoms with van der Waals surface area (Å²) in [6.07, 6.45) is -0.865. The van der Waals surface area contributed by atoms with Gasteiger partial charge >= 0.3 is 0 Å². The molecule has 1 aromatic carbocycles. The molecule has 1 saturated heterocycles. The molecule has 0 bridgehead atoms. The number of hydrogen-bond acceptors (Lipinski definition) is 5. The van der Waals surface area contributed by atoms with Crippen LogP contribution in [0.15, 0.2) is 18.2 Å². The summed E-state index contributed by atoms with van der Waals surface area (Å²) in [5, 5.41) is 22.9. The number of nitrogens with zero attached hydrogens (tertiary/aromatic N) is 2. The van der Waals surface area contributed by atoms with E-state index < -0.39 is 17.7 Å². The highest BCUT2D eigenvalue weighted by molar-refractivity contribution is 5.80. The molecule has 2 aliphatic heterocycles. The smallest absolute Gasteiger partial charge is 0.237 e. The van der Waals surface area contributed by atoms with E-state index in [9.17, 15) is 9.90 Å². The highest BCUT2D eigenvalue weighted by Gasteiger charge is 2.47. The van der Waals surface area contributed by atoms with Gasteiger partial charge in [0.2, 0.25) is 5.91 Å². The molecule has 1 fully saturated rings. The van der Waals surface area contributed by atoms with Crippen molar-refractivity contribution in [2.75, 3.05) is 19.6 Å². The molecular weight excluding hydrogens is 282 g/mol. The molecule has 2 heterocycles. The first-order valence-corrected chi connectivity index (χ1v) is 7.35. The van der Waals surface area contributed by atoms with E-state index in [1.165, 1.54) is 0 Å². The van der Waals surface area contributed by atoms with Crippen LogP contribution in [0, 0.1) is 11.3 Å². The molecule has 1 amide bonds. The fourth-order valence-electron chi connectivity index (χ4n) is 3.09. The van der Waals surface area contributed by atoms with Crippen molar-refractivity contribution in [2.45, 2.75) is 31.6 Å². The molecule has 2 atom stereocenters. The van der Waals surface area contributed by atoms with Gasteiger partial charge in [0.1, 0.15) is 17.5 Å². The van der Waals surface area contributed by atoms with Gasteiger partial charge < -0.3 is 20.1 Å². The number of carbonyl (C=O) groups excluding carboxylic acids is 1. The lowest BCUT2D eigenvalue weighted by Crippen LogP contribution is -2.58. The van der Waals surface area contributed by atoms with E-state index in [4.69, 9.17) is 10.00 Å². The van der Waals surface area contributed by atoms with Crippen LogP contribution in [0.5, 0.6) is 5.75 Å². The highest BCUT2D eigenvalue weighted by atomic mass is 16.5. The predicted octanol–water partition coefficient (Wildman–Crippen LogP) is 0.563. The molecule has 6 nitrogen and oxygen atoms in total. The number of fused-ring (bicyclic) bond motifs is 1. The van der Waals surface area contributed by atoms with Gasteiger partial charge in [0.25, 0.3) is 0 Å². The number of amides is 1. The van der Waals surface area contributed by atoms with Crippen LogP contribution in [0.25, 0.3) is 0 Å². The molecule has 22 heavy (non-hydrogen) atoms. The first-order valence-electron chi connectivity index (χ1n) is 7.35. The van der Waals surface area contributed by atoms with Gasteiger partial charge in [0.05, 0.1) is 24.2 Å². The minimum absolute atomic E-state index is 0.0543. The average Bonchev–Trinajstić information content (AvgIpc) is 2.49. The molecular formula is C16H19N3O3. The molecule has 0 radical (unpaired) electrons. The Kier molecular flexibility index (Phi) is 3.55. The highest BCUT2D eigenvalue weighted by Crippen LogP contribution is 2.43. The Balaban J connectivity index is 2.10. The molecule has 0 saturated carbocycles. The summed E-state index contributed by atoms with van der Waals surface area (Å²) in [5.74, 6) is 0.562. The molecule has 6 heteroatoms. The molecule has 2 aliphatic rings. The van der Waals surface area contributed by atoms with Crippen molar-refractivity contribution >= 4 is 5.91 Å². The van der Waals surface area contributed by atoms with Crippen molar-refractivity contribution in [2.24, 2.45) is 0 Å². The van der Waals surface area contributed by atoms with E-state index in [-0.39, 0.29) is 12.5 Å². The lowest BCUT2D eigenvalue weighted by Gasteiger charge is -2.47. The normalized spacial score (nSPS) is 26.8. The van der Waals surface area contributed by atoms with Crippen LogP contribution >= 0.6 is 0 Å². The molecule has 3 rings (SSSR count). The van der Waals surface area contributed by atoms with Crippen molar-refractivity contribution in [1.29, 1.82) is 5.26 Å². The van der Waals surface area contributed by atoms with E-state index in [0.29, 0.717) is 30.0 Å². The third-order valence-corrected chi connectivity index (χ3v) is 4.30. The number of benzene rings is 1. The Hall–Kier alpha value is -2.10. The summed E-state index contributed by atoms with van der Waals surface area (Å²) in [6, 6.07) is 6.72. The largest absolute Gasteiger partial charge is 0.485 e. The Morgan fingerprint density at radius 2 is 2.27 bits per heavy atom. The number of ether oxygens (including phenoxy) is 1. The lowest BCUT2D eigenvalue weighted by atomic mass is 9.84. The average molecular weight is 301 g/mol. The number of hydrogen-bond donors (Lipinski definition) is 2. The second-order valence-corrected chi connectivity index (χ2v) is 6.22. The summed E-state index contributed by atoms with van der Waals surface area (Å²) in [5.41, 5.74) is 0.375. The van der Waals surface area contributed by atoms with Crippen molar-refractivity contribution in [3.8, 4) is 11.8 Å². The lowest BCUT2D eigenvalue weighted by molar-refractivity contribution is -0.145. The molecule has 0 unspecified atom stereocenters. The number of piperazine rings is 1. The molecule has 0 aliphatic carbocycles. The van der Waals surface area contributed by atoms with E-state index in [2.05, 4.69) is 11.4 Å². The Bertz CT molecular complexity index is 651. The third-order valence-electron chi connectivity index (χ3n) is 4.30. The molecule has 0 aromatic heterocycles. The zero-order valence-electron chi connectivity index (χ0n) is 12.7. The number of nitriles is 1. The van der Waals surface area contributed by atoms with Crippen molar-refractivity contribution < 1.29 is 14.6 Å². The minimum Gasteiger partial charge on any atom is -0.485 e. The second kappa shape index (κ2) is 5.27. The van der Waals surface area contributed by atoms with Crippen molar-refractivity contribution in [3.63, 3.8) is 0 Å². The Morgan fingerprint density at radius 3 is 2.95 bits per heavy atom. The predicted molar refractivity (Wildman–Crippen MR) is 79.2 cm³/mol. The number of aliphatic hydroxyl groups is 1. The van der Waals surface area contributed by atoms with Crippen LogP contribution in [0.1, 0.15) is 31.0 Å². The fraction of sp³-hybridized carbons (Fsp3) is 0.500. The quantitative estimate of drug-likeness (QED) is 0.792. The van der Waals surface area contributed by atoms with E-state index in [0.717, 1.165) is 0 Å². The fourth-order valence-corrected chi connectivity index (χ4v) is 3.09. The standard InChI is InChI=1S/C16H19N3O3/c1-16(2)15(21)14(19-6-5-18-9-13(19)20)11-7-10(8-17)3-4-12(11)22-16/h3-4,7,14-15,18,21H,5-6,9H2,1-2H3/t14-,15+/m1/s1. The van der Waals surface area contributed by atoms with Gasteiger partial charge in [-0.25, -0.2) is 0 Å². The van der Waals surface area contributed by atoms with Crippen molar-refractivity contribution in [3.05, 3.63) is 29.3 Å². The van der Waals surface area contributed by atoms with Gasteiger partial charge in [0.15, 0.2) is 0 Å². The Morgan fingerprint density at radius 1 is 1.50 bits per heavy atom. The van der Waals surface area contributed by atoms with Gasteiger partial charge in [-0.15, -0.1) is 0 Å². The monoisotopic (exact) mass is 301 g/mol. The van der Waals surface area contributed by atoms with E-state index in [1.807, 2.05) is 0 Å². The zero-order valence-corrected chi connectivity index (χ0v) is 12.7. The number of nitrogens with one attached hydrogen (secondary N) is 1.